The highest BCUT2D eigenvalue weighted by Gasteiger charge is 2.27. The molecule has 1 aromatic heterocycles. The summed E-state index contributed by atoms with van der Waals surface area (Å²) in [6, 6.07) is 17.8. The van der Waals surface area contributed by atoms with Gasteiger partial charge >= 0.3 is 0 Å². The fraction of sp³-hybridized carbons (Fsp3) is 0.208. The Morgan fingerprint density at radius 1 is 0.938 bits per heavy atom. The van der Waals surface area contributed by atoms with Crippen molar-refractivity contribution in [3.63, 3.8) is 0 Å². The molecule has 0 saturated carbocycles. The van der Waals surface area contributed by atoms with Crippen LogP contribution in [-0.2, 0) is 14.8 Å². The van der Waals surface area contributed by atoms with Gasteiger partial charge in [-0.3, -0.25) is 4.79 Å². The number of nitrogens with zero attached hydrogens (tertiary/aromatic N) is 1. The molecule has 0 radical (unpaired) electrons. The van der Waals surface area contributed by atoms with Crippen LogP contribution in [0, 0.1) is 6.92 Å². The number of furan rings is 1. The molecule has 3 aromatic carbocycles. The summed E-state index contributed by atoms with van der Waals surface area (Å²) in [6.45, 7) is 3.12. The number of para-hydroxylation sites is 1. The van der Waals surface area contributed by atoms with Crippen LogP contribution >= 0.6 is 0 Å². The monoisotopic (exact) mass is 450 g/mol. The number of benzene rings is 3. The van der Waals surface area contributed by atoms with Gasteiger partial charge in [0.1, 0.15) is 11.2 Å². The number of nitrogens with one attached hydrogen (secondary N) is 1. The van der Waals surface area contributed by atoms with Gasteiger partial charge in [0.05, 0.1) is 18.1 Å². The number of amides is 1. The van der Waals surface area contributed by atoms with Gasteiger partial charge in [-0.25, -0.2) is 8.42 Å². The van der Waals surface area contributed by atoms with Gasteiger partial charge in [-0.15, -0.1) is 0 Å². The standard InChI is InChI=1S/C24H22N2O5S/c1-16-6-8-18(32(28,29)26-10-12-30-13-11-26)15-20(16)24(27)25-17-7-9-23-21(14-17)19-4-2-3-5-22(19)31-23/h2-9,14-15H,10-13H2,1H3,(H,25,27). The Bertz CT molecular complexity index is 1440. The van der Waals surface area contributed by atoms with Crippen LogP contribution in [-0.4, -0.2) is 44.9 Å². The minimum absolute atomic E-state index is 0.103. The SMILES string of the molecule is Cc1ccc(S(=O)(=O)N2CCOCC2)cc1C(=O)Nc1ccc2oc3ccccc3c2c1. The molecule has 1 N–H and O–H groups in total. The predicted octanol–water partition coefficient (Wildman–Crippen LogP) is 4.17. The Kier molecular flexibility index (Phi) is 5.21. The fourth-order valence-corrected chi connectivity index (χ4v) is 5.38. The molecule has 164 valence electrons. The predicted molar refractivity (Wildman–Crippen MR) is 122 cm³/mol. The minimum atomic E-state index is -3.69. The summed E-state index contributed by atoms with van der Waals surface area (Å²) in [6.07, 6.45) is 0. The molecule has 32 heavy (non-hydrogen) atoms. The molecular weight excluding hydrogens is 428 g/mol. The van der Waals surface area contributed by atoms with E-state index in [1.165, 1.54) is 10.4 Å². The first-order chi connectivity index (χ1) is 15.4. The number of carbonyl (C=O) groups is 1. The molecule has 0 spiro atoms. The van der Waals surface area contributed by atoms with Gasteiger partial charge in [0, 0.05) is 35.1 Å². The second kappa shape index (κ2) is 8.05. The topological polar surface area (TPSA) is 88.8 Å². The third kappa shape index (κ3) is 3.66. The number of hydrogen-bond acceptors (Lipinski definition) is 5. The van der Waals surface area contributed by atoms with Gasteiger partial charge in [0.25, 0.3) is 5.91 Å². The molecule has 1 fully saturated rings. The van der Waals surface area contributed by atoms with Crippen LogP contribution in [0.2, 0.25) is 0 Å². The maximum absolute atomic E-state index is 13.1. The quantitative estimate of drug-likeness (QED) is 0.504. The number of anilines is 1. The summed E-state index contributed by atoms with van der Waals surface area (Å²) >= 11 is 0. The van der Waals surface area contributed by atoms with Gasteiger partial charge in [-0.1, -0.05) is 24.3 Å². The first kappa shape index (κ1) is 20.7. The zero-order chi connectivity index (χ0) is 22.3. The molecule has 5 rings (SSSR count). The van der Waals surface area contributed by atoms with Crippen LogP contribution in [0.1, 0.15) is 15.9 Å². The summed E-state index contributed by atoms with van der Waals surface area (Å²) in [4.78, 5) is 13.2. The number of carbonyl (C=O) groups excluding carboxylic acids is 1. The van der Waals surface area contributed by atoms with E-state index < -0.39 is 10.0 Å². The number of fused-ring (bicyclic) bond motifs is 3. The van der Waals surface area contributed by atoms with Crippen molar-refractivity contribution in [3.8, 4) is 0 Å². The molecule has 7 nitrogen and oxygen atoms in total. The molecule has 0 aliphatic carbocycles. The molecule has 1 amide bonds. The summed E-state index contributed by atoms with van der Waals surface area (Å²) in [5, 5.41) is 4.76. The Balaban J connectivity index is 1.45. The minimum Gasteiger partial charge on any atom is -0.456 e. The molecule has 8 heteroatoms. The van der Waals surface area contributed by atoms with Crippen LogP contribution in [0.15, 0.2) is 70.0 Å². The van der Waals surface area contributed by atoms with E-state index in [4.69, 9.17) is 9.15 Å². The Morgan fingerprint density at radius 2 is 1.69 bits per heavy atom. The molecule has 0 atom stereocenters. The Morgan fingerprint density at radius 3 is 2.50 bits per heavy atom. The average molecular weight is 451 g/mol. The van der Waals surface area contributed by atoms with Gasteiger partial charge in [0.15, 0.2) is 0 Å². The zero-order valence-corrected chi connectivity index (χ0v) is 18.3. The smallest absolute Gasteiger partial charge is 0.255 e. The number of sulfonamides is 1. The molecule has 0 bridgehead atoms. The van der Waals surface area contributed by atoms with E-state index in [2.05, 4.69) is 5.32 Å². The van der Waals surface area contributed by atoms with Crippen molar-refractivity contribution in [1.29, 1.82) is 0 Å². The van der Waals surface area contributed by atoms with Crippen molar-refractivity contribution in [2.24, 2.45) is 0 Å². The first-order valence-corrected chi connectivity index (χ1v) is 11.8. The lowest BCUT2D eigenvalue weighted by Gasteiger charge is -2.26. The Hall–Kier alpha value is -3.20. The van der Waals surface area contributed by atoms with Crippen LogP contribution in [0.25, 0.3) is 21.9 Å². The van der Waals surface area contributed by atoms with E-state index in [-0.39, 0.29) is 10.8 Å². The highest BCUT2D eigenvalue weighted by Crippen LogP contribution is 2.31. The first-order valence-electron chi connectivity index (χ1n) is 10.3. The van der Waals surface area contributed by atoms with Crippen LogP contribution in [0.3, 0.4) is 0 Å². The number of rotatable bonds is 4. The second-order valence-electron chi connectivity index (χ2n) is 7.76. The van der Waals surface area contributed by atoms with Crippen molar-refractivity contribution >= 4 is 43.6 Å². The summed E-state index contributed by atoms with van der Waals surface area (Å²) in [5.74, 6) is -0.367. The largest absolute Gasteiger partial charge is 0.456 e. The Labute approximate surface area is 185 Å². The summed E-state index contributed by atoms with van der Waals surface area (Å²) in [7, 11) is -3.69. The fourth-order valence-electron chi connectivity index (χ4n) is 3.94. The maximum atomic E-state index is 13.1. The van der Waals surface area contributed by atoms with Crippen LogP contribution in [0.4, 0.5) is 5.69 Å². The van der Waals surface area contributed by atoms with E-state index in [0.29, 0.717) is 43.1 Å². The third-order valence-electron chi connectivity index (χ3n) is 5.70. The molecule has 4 aromatic rings. The highest BCUT2D eigenvalue weighted by molar-refractivity contribution is 7.89. The molecular formula is C24H22N2O5S. The number of aryl methyl sites for hydroxylation is 1. The van der Waals surface area contributed by atoms with Crippen molar-refractivity contribution in [2.45, 2.75) is 11.8 Å². The van der Waals surface area contributed by atoms with E-state index >= 15 is 0 Å². The lowest BCUT2D eigenvalue weighted by Crippen LogP contribution is -2.40. The molecule has 1 aliphatic rings. The lowest BCUT2D eigenvalue weighted by atomic mass is 10.1. The lowest BCUT2D eigenvalue weighted by molar-refractivity contribution is 0.0730. The maximum Gasteiger partial charge on any atom is 0.255 e. The second-order valence-corrected chi connectivity index (χ2v) is 9.69. The van der Waals surface area contributed by atoms with Crippen LogP contribution in [0.5, 0.6) is 0 Å². The van der Waals surface area contributed by atoms with Gasteiger partial charge in [-0.05, 0) is 48.9 Å². The van der Waals surface area contributed by atoms with E-state index in [1.54, 1.807) is 25.1 Å². The van der Waals surface area contributed by atoms with Gasteiger partial charge in [0.2, 0.25) is 10.0 Å². The van der Waals surface area contributed by atoms with E-state index in [1.807, 2.05) is 36.4 Å². The number of morpholine rings is 1. The summed E-state index contributed by atoms with van der Waals surface area (Å²) < 4.78 is 38.5. The van der Waals surface area contributed by atoms with Crippen molar-refractivity contribution in [2.75, 3.05) is 31.6 Å². The highest BCUT2D eigenvalue weighted by atomic mass is 32.2. The van der Waals surface area contributed by atoms with Gasteiger partial charge in [-0.2, -0.15) is 4.31 Å². The molecule has 1 saturated heterocycles. The third-order valence-corrected chi connectivity index (χ3v) is 7.59. The summed E-state index contributed by atoms with van der Waals surface area (Å²) in [5.41, 5.74) is 3.13. The molecule has 2 heterocycles. The number of hydrogen-bond donors (Lipinski definition) is 1. The van der Waals surface area contributed by atoms with E-state index in [9.17, 15) is 13.2 Å². The normalized spacial score (nSPS) is 15.3. The molecule has 1 aliphatic heterocycles. The van der Waals surface area contributed by atoms with Gasteiger partial charge < -0.3 is 14.5 Å². The van der Waals surface area contributed by atoms with E-state index in [0.717, 1.165) is 21.9 Å². The number of ether oxygens (including phenoxy) is 1. The van der Waals surface area contributed by atoms with Crippen LogP contribution < -0.4 is 5.32 Å². The van der Waals surface area contributed by atoms with Crippen molar-refractivity contribution in [1.82, 2.24) is 4.31 Å². The molecule has 0 unspecified atom stereocenters. The van der Waals surface area contributed by atoms with Crippen molar-refractivity contribution in [3.05, 3.63) is 71.8 Å². The zero-order valence-electron chi connectivity index (χ0n) is 17.5. The average Bonchev–Trinajstić information content (AvgIpc) is 3.18. The van der Waals surface area contributed by atoms with Crippen molar-refractivity contribution < 1.29 is 22.4 Å².